The Morgan fingerprint density at radius 3 is 2.14 bits per heavy atom. The molecule has 148 valence electrons. The molecule has 0 spiro atoms. The zero-order chi connectivity index (χ0) is 19.0. The number of para-hydroxylation sites is 1. The normalized spacial score (nSPS) is 46.9. The van der Waals surface area contributed by atoms with Crippen molar-refractivity contribution in [3.05, 3.63) is 63.5 Å². The molecular formula is C24H25N3O2. The molecule has 1 aromatic heterocycles. The van der Waals surface area contributed by atoms with Gasteiger partial charge in [-0.3, -0.25) is 0 Å². The van der Waals surface area contributed by atoms with E-state index in [9.17, 15) is 9.59 Å². The van der Waals surface area contributed by atoms with E-state index in [-0.39, 0.29) is 23.5 Å². The molecule has 5 nitrogen and oxygen atoms in total. The molecule has 6 aliphatic carbocycles. The van der Waals surface area contributed by atoms with Crippen molar-refractivity contribution >= 4 is 0 Å². The highest BCUT2D eigenvalue weighted by molar-refractivity contribution is 5.31. The van der Waals surface area contributed by atoms with Gasteiger partial charge in [0.2, 0.25) is 0 Å². The molecule has 0 saturated heterocycles. The Hall–Kier alpha value is -2.30. The van der Waals surface area contributed by atoms with Crippen molar-refractivity contribution in [1.82, 2.24) is 13.9 Å². The molecule has 5 heteroatoms. The summed E-state index contributed by atoms with van der Waals surface area (Å²) in [4.78, 5) is 26.8. The first-order chi connectivity index (χ1) is 14.2. The highest BCUT2D eigenvalue weighted by Gasteiger charge is 2.74. The first-order valence-corrected chi connectivity index (χ1v) is 11.4. The van der Waals surface area contributed by atoms with Crippen LogP contribution < -0.4 is 11.4 Å². The summed E-state index contributed by atoms with van der Waals surface area (Å²) in [6, 6.07) is 9.50. The lowest BCUT2D eigenvalue weighted by Crippen LogP contribution is -2.54. The topological polar surface area (TPSA) is 48.9 Å². The first kappa shape index (κ1) is 15.5. The Balaban J connectivity index is 1.29. The zero-order valence-electron chi connectivity index (χ0n) is 16.3. The van der Waals surface area contributed by atoms with Gasteiger partial charge in [-0.2, -0.15) is 0 Å². The van der Waals surface area contributed by atoms with E-state index in [0.29, 0.717) is 17.5 Å². The maximum Gasteiger partial charge on any atom is 0.352 e. The van der Waals surface area contributed by atoms with Crippen LogP contribution in [0.2, 0.25) is 0 Å². The Labute approximate surface area is 168 Å². The number of aromatic nitrogens is 3. The zero-order valence-corrected chi connectivity index (χ0v) is 16.3. The molecular weight excluding hydrogens is 362 g/mol. The van der Waals surface area contributed by atoms with Crippen LogP contribution in [0.15, 0.2) is 52.1 Å². The van der Waals surface area contributed by atoms with Crippen molar-refractivity contribution in [2.24, 2.45) is 47.3 Å². The third-order valence-corrected chi connectivity index (χ3v) is 9.53. The summed E-state index contributed by atoms with van der Waals surface area (Å²) in [6.07, 6.45) is 9.88. The Morgan fingerprint density at radius 2 is 1.34 bits per heavy atom. The van der Waals surface area contributed by atoms with Crippen LogP contribution in [0.3, 0.4) is 0 Å². The number of nitrogens with zero attached hydrogens (tertiary/aromatic N) is 3. The number of hydrogen-bond donors (Lipinski definition) is 0. The van der Waals surface area contributed by atoms with Gasteiger partial charge in [-0.05, 0) is 85.2 Å². The molecule has 5 saturated carbocycles. The third kappa shape index (κ3) is 1.75. The van der Waals surface area contributed by atoms with Crippen LogP contribution in [0, 0.1) is 47.3 Å². The lowest BCUT2D eigenvalue weighted by atomic mass is 9.56. The maximum atomic E-state index is 13.4. The molecule has 29 heavy (non-hydrogen) atoms. The highest BCUT2D eigenvalue weighted by Crippen LogP contribution is 2.79. The molecule has 6 bridgehead atoms. The highest BCUT2D eigenvalue weighted by atomic mass is 16.2. The molecule has 2 aromatic rings. The van der Waals surface area contributed by atoms with Crippen LogP contribution in [0.4, 0.5) is 0 Å². The lowest BCUT2D eigenvalue weighted by molar-refractivity contribution is -0.0248. The number of benzene rings is 1. The molecule has 5 fully saturated rings. The summed E-state index contributed by atoms with van der Waals surface area (Å²) in [6.45, 7) is 0. The fourth-order valence-electron chi connectivity index (χ4n) is 8.44. The summed E-state index contributed by atoms with van der Waals surface area (Å²) in [7, 11) is 0. The molecule has 0 radical (unpaired) electrons. The van der Waals surface area contributed by atoms with Crippen molar-refractivity contribution in [3.63, 3.8) is 0 Å². The minimum atomic E-state index is -0.169. The molecule has 0 amide bonds. The molecule has 0 N–H and O–H groups in total. The van der Waals surface area contributed by atoms with E-state index in [1.54, 1.807) is 4.68 Å². The van der Waals surface area contributed by atoms with E-state index >= 15 is 0 Å². The van der Waals surface area contributed by atoms with Crippen LogP contribution >= 0.6 is 0 Å². The van der Waals surface area contributed by atoms with Crippen LogP contribution in [-0.2, 0) is 0 Å². The summed E-state index contributed by atoms with van der Waals surface area (Å²) in [5, 5.41) is 0. The summed E-state index contributed by atoms with van der Waals surface area (Å²) >= 11 is 0. The van der Waals surface area contributed by atoms with Crippen LogP contribution in [0.1, 0.15) is 37.8 Å². The van der Waals surface area contributed by atoms with E-state index < -0.39 is 0 Å². The summed E-state index contributed by atoms with van der Waals surface area (Å²) in [5.74, 6) is 6.76. The van der Waals surface area contributed by atoms with Gasteiger partial charge >= 0.3 is 11.4 Å². The average Bonchev–Trinajstić information content (AvgIpc) is 3.61. The van der Waals surface area contributed by atoms with Crippen molar-refractivity contribution in [3.8, 4) is 5.69 Å². The van der Waals surface area contributed by atoms with Crippen LogP contribution in [0.25, 0.3) is 5.69 Å². The largest absolute Gasteiger partial charge is 0.352 e. The van der Waals surface area contributed by atoms with Crippen molar-refractivity contribution in [2.75, 3.05) is 0 Å². The van der Waals surface area contributed by atoms with Crippen molar-refractivity contribution in [2.45, 2.75) is 37.8 Å². The van der Waals surface area contributed by atoms with Gasteiger partial charge in [0, 0.05) is 0 Å². The maximum absolute atomic E-state index is 13.4. The first-order valence-electron chi connectivity index (χ1n) is 11.4. The number of hydrogen-bond acceptors (Lipinski definition) is 2. The third-order valence-electron chi connectivity index (χ3n) is 9.53. The smallest absolute Gasteiger partial charge is 0.245 e. The molecule has 2 aliphatic heterocycles. The quantitative estimate of drug-likeness (QED) is 0.707. The van der Waals surface area contributed by atoms with Gasteiger partial charge in [0.25, 0.3) is 0 Å². The lowest BCUT2D eigenvalue weighted by Gasteiger charge is -2.54. The van der Waals surface area contributed by atoms with Gasteiger partial charge in [-0.15, -0.1) is 0 Å². The molecule has 2 unspecified atom stereocenters. The minimum absolute atomic E-state index is 0.0450. The fourth-order valence-corrected chi connectivity index (χ4v) is 8.44. The molecule has 10 rings (SSSR count). The van der Waals surface area contributed by atoms with Gasteiger partial charge in [0.1, 0.15) is 0 Å². The Kier molecular flexibility index (Phi) is 2.61. The summed E-state index contributed by atoms with van der Waals surface area (Å²) < 4.78 is 5.00. The predicted molar refractivity (Wildman–Crippen MR) is 108 cm³/mol. The van der Waals surface area contributed by atoms with E-state index in [4.69, 9.17) is 0 Å². The van der Waals surface area contributed by atoms with Gasteiger partial charge < -0.3 is 0 Å². The molecule has 3 heterocycles. The van der Waals surface area contributed by atoms with E-state index in [0.717, 1.165) is 35.5 Å². The SMILES string of the molecule is O=c1n(-c2ccccc2)c(=O)n2n1[C@H]1C=C[C@H]2[C@@H]2[C@@H]3CC4[C@H]5C(C[C@H](C3)C[C@@H]21)[C@@H]45. The fraction of sp³-hybridized carbons (Fsp3) is 0.583. The number of rotatable bonds is 1. The second kappa shape index (κ2) is 4.88. The van der Waals surface area contributed by atoms with E-state index in [1.807, 2.05) is 35.0 Å². The van der Waals surface area contributed by atoms with Gasteiger partial charge in [0.05, 0.1) is 17.8 Å². The van der Waals surface area contributed by atoms with Gasteiger partial charge in [-0.1, -0.05) is 30.4 Å². The molecule has 8 aliphatic rings. The van der Waals surface area contributed by atoms with Crippen LogP contribution in [-0.4, -0.2) is 13.9 Å². The van der Waals surface area contributed by atoms with Crippen LogP contribution in [0.5, 0.6) is 0 Å². The van der Waals surface area contributed by atoms with Gasteiger partial charge in [0.15, 0.2) is 0 Å². The van der Waals surface area contributed by atoms with E-state index in [1.165, 1.54) is 30.3 Å². The Bertz CT molecular complexity index is 1170. The standard InChI is InChI=1S/C24H25N3O2/c28-23-25(14-4-2-1-3-5-14)24(29)27-19-7-6-18(26(23)27)15-9-12-8-13(20(15)19)11-17-21-16(10-12)22(17)21/h1-7,12-13,15-22H,8-11H2/t12-,13+,15-,16?,17?,18+,19+,20-,21-,22+/m1/s1. The Morgan fingerprint density at radius 1 is 0.690 bits per heavy atom. The minimum Gasteiger partial charge on any atom is -0.245 e. The van der Waals surface area contributed by atoms with Crippen molar-refractivity contribution in [1.29, 1.82) is 0 Å². The predicted octanol–water partition coefficient (Wildman–Crippen LogP) is 3.01. The molecule has 1 aromatic carbocycles. The summed E-state index contributed by atoms with van der Waals surface area (Å²) in [5.41, 5.74) is 0.342. The van der Waals surface area contributed by atoms with Gasteiger partial charge in [-0.25, -0.2) is 23.5 Å². The second-order valence-electron chi connectivity index (χ2n) is 10.6. The molecule has 10 atom stereocenters. The van der Waals surface area contributed by atoms with Crippen molar-refractivity contribution < 1.29 is 0 Å². The monoisotopic (exact) mass is 387 g/mol. The average molecular weight is 387 g/mol. The second-order valence-corrected chi connectivity index (χ2v) is 10.6. The number of allylic oxidation sites excluding steroid dienone is 2. The van der Waals surface area contributed by atoms with E-state index in [2.05, 4.69) is 12.2 Å².